The second-order valence-corrected chi connectivity index (χ2v) is 3.17. The minimum atomic E-state index is -1.62. The second-order valence-electron chi connectivity index (χ2n) is 3.17. The van der Waals surface area contributed by atoms with E-state index in [1.54, 1.807) is 6.92 Å². The summed E-state index contributed by atoms with van der Waals surface area (Å²) in [5.74, 6) is -5.54. The molecule has 0 heterocycles. The molecule has 1 aromatic rings. The van der Waals surface area contributed by atoms with Crippen LogP contribution in [0, 0.1) is 17.5 Å². The van der Waals surface area contributed by atoms with Crippen LogP contribution in [0.15, 0.2) is 12.1 Å². The Labute approximate surface area is 89.9 Å². The summed E-state index contributed by atoms with van der Waals surface area (Å²) in [7, 11) is 0. The molecule has 0 bridgehead atoms. The molecule has 88 valence electrons. The summed E-state index contributed by atoms with van der Waals surface area (Å²) in [5.41, 5.74) is -0.367. The number of carboxylic acids is 1. The van der Waals surface area contributed by atoms with Crippen LogP contribution in [0.2, 0.25) is 0 Å². The first-order valence-corrected chi connectivity index (χ1v) is 4.60. The lowest BCUT2D eigenvalue weighted by Crippen LogP contribution is -2.28. The zero-order valence-corrected chi connectivity index (χ0v) is 8.43. The van der Waals surface area contributed by atoms with Gasteiger partial charge in [-0.05, 0) is 18.6 Å². The average molecular weight is 233 g/mol. The van der Waals surface area contributed by atoms with Crippen molar-refractivity contribution < 1.29 is 23.1 Å². The molecule has 0 spiro atoms. The van der Waals surface area contributed by atoms with Crippen LogP contribution in [-0.2, 0) is 4.79 Å². The van der Waals surface area contributed by atoms with Crippen LogP contribution in [0.25, 0.3) is 0 Å². The number of carbonyl (C=O) groups is 1. The van der Waals surface area contributed by atoms with Crippen molar-refractivity contribution in [3.8, 4) is 0 Å². The van der Waals surface area contributed by atoms with Gasteiger partial charge in [0.1, 0.15) is 6.04 Å². The highest BCUT2D eigenvalue weighted by atomic mass is 19.2. The third-order valence-corrected chi connectivity index (χ3v) is 2.07. The van der Waals surface area contributed by atoms with Crippen LogP contribution in [0.1, 0.15) is 13.3 Å². The molecule has 6 heteroatoms. The number of carboxylic acid groups (broad SMARTS) is 1. The molecular formula is C10H10F3NO2. The quantitative estimate of drug-likeness (QED) is 0.785. The van der Waals surface area contributed by atoms with Crippen molar-refractivity contribution in [3.05, 3.63) is 29.6 Å². The van der Waals surface area contributed by atoms with Crippen molar-refractivity contribution in [1.82, 2.24) is 0 Å². The molecule has 16 heavy (non-hydrogen) atoms. The zero-order chi connectivity index (χ0) is 12.3. The molecule has 0 radical (unpaired) electrons. The van der Waals surface area contributed by atoms with Crippen molar-refractivity contribution in [3.63, 3.8) is 0 Å². The normalized spacial score (nSPS) is 12.2. The Morgan fingerprint density at radius 3 is 2.50 bits per heavy atom. The summed E-state index contributed by atoms with van der Waals surface area (Å²) >= 11 is 0. The fourth-order valence-corrected chi connectivity index (χ4v) is 1.16. The molecule has 0 amide bonds. The lowest BCUT2D eigenvalue weighted by molar-refractivity contribution is -0.137. The van der Waals surface area contributed by atoms with Crippen LogP contribution in [0.5, 0.6) is 0 Å². The fraction of sp³-hybridized carbons (Fsp3) is 0.300. The van der Waals surface area contributed by atoms with E-state index in [2.05, 4.69) is 5.32 Å². The Hall–Kier alpha value is -1.72. The van der Waals surface area contributed by atoms with Gasteiger partial charge in [0.05, 0.1) is 5.69 Å². The fourth-order valence-electron chi connectivity index (χ4n) is 1.16. The third-order valence-electron chi connectivity index (χ3n) is 2.07. The lowest BCUT2D eigenvalue weighted by Gasteiger charge is -2.14. The summed E-state index contributed by atoms with van der Waals surface area (Å²) in [5, 5.41) is 11.0. The monoisotopic (exact) mass is 233 g/mol. The van der Waals surface area contributed by atoms with Gasteiger partial charge in [0.2, 0.25) is 0 Å². The van der Waals surface area contributed by atoms with E-state index in [-0.39, 0.29) is 12.1 Å². The van der Waals surface area contributed by atoms with Gasteiger partial charge in [-0.15, -0.1) is 0 Å². The summed E-state index contributed by atoms with van der Waals surface area (Å²) in [6.07, 6.45) is 0.188. The average Bonchev–Trinajstić information content (AvgIpc) is 2.25. The smallest absolute Gasteiger partial charge is 0.326 e. The highest BCUT2D eigenvalue weighted by Crippen LogP contribution is 2.20. The Morgan fingerprint density at radius 2 is 2.00 bits per heavy atom. The molecule has 0 unspecified atom stereocenters. The Morgan fingerprint density at radius 1 is 1.38 bits per heavy atom. The van der Waals surface area contributed by atoms with E-state index in [1.165, 1.54) is 0 Å². The number of hydrogen-bond donors (Lipinski definition) is 2. The van der Waals surface area contributed by atoms with Crippen molar-refractivity contribution in [1.29, 1.82) is 0 Å². The molecule has 0 aliphatic rings. The highest BCUT2D eigenvalue weighted by molar-refractivity contribution is 5.77. The van der Waals surface area contributed by atoms with E-state index in [4.69, 9.17) is 5.11 Å². The van der Waals surface area contributed by atoms with Gasteiger partial charge in [0, 0.05) is 0 Å². The minimum Gasteiger partial charge on any atom is -0.480 e. The number of hydrogen-bond acceptors (Lipinski definition) is 2. The van der Waals surface area contributed by atoms with Crippen molar-refractivity contribution >= 4 is 11.7 Å². The van der Waals surface area contributed by atoms with Gasteiger partial charge in [0.25, 0.3) is 0 Å². The predicted molar refractivity (Wildman–Crippen MR) is 51.7 cm³/mol. The molecule has 1 aromatic carbocycles. The molecule has 3 nitrogen and oxygen atoms in total. The van der Waals surface area contributed by atoms with E-state index in [1.807, 2.05) is 0 Å². The number of aliphatic carboxylic acids is 1. The maximum Gasteiger partial charge on any atom is 0.326 e. The highest BCUT2D eigenvalue weighted by Gasteiger charge is 2.19. The third kappa shape index (κ3) is 2.44. The Kier molecular flexibility index (Phi) is 3.76. The Bertz CT molecular complexity index is 409. The molecular weight excluding hydrogens is 223 g/mol. The standard InChI is InChI=1S/C10H10F3NO2/c1-2-6(10(15)16)14-7-4-3-5(11)8(12)9(7)13/h3-4,6,14H,2H2,1H3,(H,15,16)/t6-/m1/s1. The first kappa shape index (κ1) is 12.4. The maximum absolute atomic E-state index is 13.2. The molecule has 0 saturated heterocycles. The molecule has 0 aliphatic heterocycles. The minimum absolute atomic E-state index is 0.188. The molecule has 2 N–H and O–H groups in total. The zero-order valence-electron chi connectivity index (χ0n) is 8.43. The van der Waals surface area contributed by atoms with Gasteiger partial charge < -0.3 is 10.4 Å². The van der Waals surface area contributed by atoms with Crippen LogP contribution < -0.4 is 5.32 Å². The van der Waals surface area contributed by atoms with Gasteiger partial charge >= 0.3 is 5.97 Å². The van der Waals surface area contributed by atoms with Crippen LogP contribution in [0.4, 0.5) is 18.9 Å². The molecule has 0 aliphatic carbocycles. The Balaban J connectivity index is 2.97. The van der Waals surface area contributed by atoms with Gasteiger partial charge in [-0.3, -0.25) is 0 Å². The first-order valence-electron chi connectivity index (χ1n) is 4.60. The molecule has 0 fully saturated rings. The number of benzene rings is 1. The van der Waals surface area contributed by atoms with E-state index < -0.39 is 29.5 Å². The molecule has 1 rings (SSSR count). The van der Waals surface area contributed by atoms with Gasteiger partial charge in [-0.2, -0.15) is 0 Å². The van der Waals surface area contributed by atoms with Crippen molar-refractivity contribution in [2.24, 2.45) is 0 Å². The first-order chi connectivity index (χ1) is 7.47. The molecule has 0 aromatic heterocycles. The van der Waals surface area contributed by atoms with Gasteiger partial charge in [-0.1, -0.05) is 6.92 Å². The summed E-state index contributed by atoms with van der Waals surface area (Å²) in [6.45, 7) is 1.57. The summed E-state index contributed by atoms with van der Waals surface area (Å²) in [6, 6.07) is 0.647. The topological polar surface area (TPSA) is 49.3 Å². The van der Waals surface area contributed by atoms with Crippen LogP contribution >= 0.6 is 0 Å². The van der Waals surface area contributed by atoms with Gasteiger partial charge in [-0.25, -0.2) is 18.0 Å². The predicted octanol–water partition coefficient (Wildman–Crippen LogP) is 2.38. The SMILES string of the molecule is CC[C@@H](Nc1ccc(F)c(F)c1F)C(=O)O. The number of halogens is 3. The van der Waals surface area contributed by atoms with E-state index >= 15 is 0 Å². The second kappa shape index (κ2) is 4.87. The lowest BCUT2D eigenvalue weighted by atomic mass is 10.2. The maximum atomic E-state index is 13.2. The van der Waals surface area contributed by atoms with E-state index in [0.29, 0.717) is 0 Å². The van der Waals surface area contributed by atoms with Crippen LogP contribution in [0.3, 0.4) is 0 Å². The van der Waals surface area contributed by atoms with Crippen LogP contribution in [-0.4, -0.2) is 17.1 Å². The van der Waals surface area contributed by atoms with E-state index in [9.17, 15) is 18.0 Å². The summed E-state index contributed by atoms with van der Waals surface area (Å²) in [4.78, 5) is 10.6. The number of rotatable bonds is 4. The van der Waals surface area contributed by atoms with Crippen molar-refractivity contribution in [2.45, 2.75) is 19.4 Å². The van der Waals surface area contributed by atoms with Crippen molar-refractivity contribution in [2.75, 3.05) is 5.32 Å². The number of anilines is 1. The molecule has 1 atom stereocenters. The number of nitrogens with one attached hydrogen (secondary N) is 1. The molecule has 0 saturated carbocycles. The van der Waals surface area contributed by atoms with Gasteiger partial charge in [0.15, 0.2) is 17.5 Å². The summed E-state index contributed by atoms with van der Waals surface area (Å²) < 4.78 is 38.5. The largest absolute Gasteiger partial charge is 0.480 e. The van der Waals surface area contributed by atoms with E-state index in [0.717, 1.165) is 12.1 Å².